The van der Waals surface area contributed by atoms with Crippen LogP contribution in [0.5, 0.6) is 0 Å². The van der Waals surface area contributed by atoms with Gasteiger partial charge < -0.3 is 15.0 Å². The van der Waals surface area contributed by atoms with E-state index in [4.69, 9.17) is 0 Å². The molecule has 1 aromatic rings. The zero-order chi connectivity index (χ0) is 15.2. The number of hydrogen-bond donors (Lipinski definition) is 2. The summed E-state index contributed by atoms with van der Waals surface area (Å²) in [5.41, 5.74) is 1.28. The van der Waals surface area contributed by atoms with Crippen molar-refractivity contribution in [2.24, 2.45) is 11.3 Å². The zero-order valence-corrected chi connectivity index (χ0v) is 12.6. The van der Waals surface area contributed by atoms with E-state index in [1.54, 1.807) is 11.8 Å². The normalized spacial score (nSPS) is 28.0. The van der Waals surface area contributed by atoms with Crippen molar-refractivity contribution >= 4 is 5.91 Å². The topological polar surface area (TPSA) is 73.4 Å². The van der Waals surface area contributed by atoms with Gasteiger partial charge >= 0.3 is 0 Å². The Balaban J connectivity index is 1.90. The summed E-state index contributed by atoms with van der Waals surface area (Å²) in [7, 11) is 0. The molecule has 1 amide bonds. The standard InChI is InChI=1S/C16H22N2O3/c1-10-6-11(2)17-14(20)13(10)15(21)18-7-12-4-3-5-16(12,8-18)9-19/h6,12,19H,3-5,7-9H2,1-2H3,(H,17,20)/t12-,16+/m0/s1. The predicted octanol–water partition coefficient (Wildman–Crippen LogP) is 1.23. The van der Waals surface area contributed by atoms with Gasteiger partial charge in [0, 0.05) is 24.2 Å². The lowest BCUT2D eigenvalue weighted by Crippen LogP contribution is -2.37. The number of aromatic amines is 1. The predicted molar refractivity (Wildman–Crippen MR) is 79.3 cm³/mol. The molecule has 21 heavy (non-hydrogen) atoms. The highest BCUT2D eigenvalue weighted by molar-refractivity contribution is 5.95. The minimum absolute atomic E-state index is 0.130. The first-order valence-corrected chi connectivity index (χ1v) is 7.57. The number of aliphatic hydroxyl groups excluding tert-OH is 1. The van der Waals surface area contributed by atoms with Crippen LogP contribution in [-0.4, -0.2) is 40.6 Å². The average Bonchev–Trinajstić information content (AvgIpc) is 2.93. The van der Waals surface area contributed by atoms with Crippen LogP contribution in [0.4, 0.5) is 0 Å². The number of pyridine rings is 1. The Labute approximate surface area is 124 Å². The summed E-state index contributed by atoms with van der Waals surface area (Å²) in [5, 5.41) is 9.74. The number of hydrogen-bond acceptors (Lipinski definition) is 3. The number of aryl methyl sites for hydroxylation is 2. The zero-order valence-electron chi connectivity index (χ0n) is 12.6. The number of nitrogens with one attached hydrogen (secondary N) is 1. The van der Waals surface area contributed by atoms with Gasteiger partial charge in [0.2, 0.25) is 0 Å². The van der Waals surface area contributed by atoms with Crippen molar-refractivity contribution in [2.45, 2.75) is 33.1 Å². The van der Waals surface area contributed by atoms with Crippen molar-refractivity contribution in [2.75, 3.05) is 19.7 Å². The molecule has 0 spiro atoms. The molecule has 1 aliphatic carbocycles. The number of nitrogens with zero attached hydrogens (tertiary/aromatic N) is 1. The lowest BCUT2D eigenvalue weighted by atomic mass is 9.82. The fourth-order valence-electron chi connectivity index (χ4n) is 4.11. The van der Waals surface area contributed by atoms with Crippen LogP contribution >= 0.6 is 0 Å². The van der Waals surface area contributed by atoms with Gasteiger partial charge in [0.15, 0.2) is 0 Å². The SMILES string of the molecule is Cc1cc(C)c(C(=O)N2C[C@@H]3CCC[C@]3(CO)C2)c(=O)[nH]1. The first kappa shape index (κ1) is 14.3. The molecule has 2 heterocycles. The molecule has 5 heteroatoms. The summed E-state index contributed by atoms with van der Waals surface area (Å²) in [6, 6.07) is 1.83. The molecule has 2 N–H and O–H groups in total. The van der Waals surface area contributed by atoms with Crippen LogP contribution in [0.25, 0.3) is 0 Å². The maximum Gasteiger partial charge on any atom is 0.261 e. The second kappa shape index (κ2) is 4.98. The van der Waals surface area contributed by atoms with Gasteiger partial charge in [0.1, 0.15) is 5.56 Å². The van der Waals surface area contributed by atoms with E-state index in [9.17, 15) is 14.7 Å². The summed E-state index contributed by atoms with van der Waals surface area (Å²) in [5.74, 6) is 0.173. The second-order valence-corrected chi connectivity index (χ2v) is 6.63. The minimum Gasteiger partial charge on any atom is -0.396 e. The van der Waals surface area contributed by atoms with Crippen LogP contribution in [0.2, 0.25) is 0 Å². The maximum atomic E-state index is 12.7. The van der Waals surface area contributed by atoms with E-state index in [0.29, 0.717) is 19.0 Å². The molecule has 3 rings (SSSR count). The van der Waals surface area contributed by atoms with Gasteiger partial charge in [-0.3, -0.25) is 9.59 Å². The number of fused-ring (bicyclic) bond motifs is 1. The van der Waals surface area contributed by atoms with E-state index in [-0.39, 0.29) is 29.1 Å². The number of aromatic nitrogens is 1. The first-order chi connectivity index (χ1) is 9.97. The van der Waals surface area contributed by atoms with Crippen molar-refractivity contribution in [1.29, 1.82) is 0 Å². The number of likely N-dealkylation sites (tertiary alicyclic amines) is 1. The van der Waals surface area contributed by atoms with Gasteiger partial charge in [-0.2, -0.15) is 0 Å². The highest BCUT2D eigenvalue weighted by atomic mass is 16.3. The maximum absolute atomic E-state index is 12.7. The summed E-state index contributed by atoms with van der Waals surface area (Å²) in [6.45, 7) is 4.97. The Morgan fingerprint density at radius 1 is 1.52 bits per heavy atom. The summed E-state index contributed by atoms with van der Waals surface area (Å²) in [4.78, 5) is 29.3. The third-order valence-electron chi connectivity index (χ3n) is 5.22. The fraction of sp³-hybridized carbons (Fsp3) is 0.625. The van der Waals surface area contributed by atoms with Crippen LogP contribution in [0.1, 0.15) is 40.9 Å². The molecule has 1 aliphatic heterocycles. The molecule has 2 atom stereocenters. The largest absolute Gasteiger partial charge is 0.396 e. The van der Waals surface area contributed by atoms with E-state index < -0.39 is 0 Å². The van der Waals surface area contributed by atoms with Crippen molar-refractivity contribution < 1.29 is 9.90 Å². The molecule has 114 valence electrons. The van der Waals surface area contributed by atoms with E-state index >= 15 is 0 Å². The molecular formula is C16H22N2O3. The fourth-order valence-corrected chi connectivity index (χ4v) is 4.11. The van der Waals surface area contributed by atoms with Crippen LogP contribution < -0.4 is 5.56 Å². The number of amides is 1. The Bertz CT molecular complexity index is 637. The molecule has 0 bridgehead atoms. The van der Waals surface area contributed by atoms with Gasteiger partial charge in [-0.15, -0.1) is 0 Å². The summed E-state index contributed by atoms with van der Waals surface area (Å²) >= 11 is 0. The van der Waals surface area contributed by atoms with E-state index in [0.717, 1.165) is 30.5 Å². The molecule has 1 saturated carbocycles. The van der Waals surface area contributed by atoms with E-state index in [1.165, 1.54) is 0 Å². The third kappa shape index (κ3) is 2.20. The minimum atomic E-state index is -0.312. The molecule has 0 aromatic carbocycles. The Morgan fingerprint density at radius 3 is 2.90 bits per heavy atom. The van der Waals surface area contributed by atoms with Crippen molar-refractivity contribution in [3.05, 3.63) is 33.2 Å². The number of rotatable bonds is 2. The molecule has 2 aliphatic rings. The summed E-state index contributed by atoms with van der Waals surface area (Å²) < 4.78 is 0. The highest BCUT2D eigenvalue weighted by Gasteiger charge is 2.50. The molecule has 5 nitrogen and oxygen atoms in total. The second-order valence-electron chi connectivity index (χ2n) is 6.63. The number of aliphatic hydroxyl groups is 1. The van der Waals surface area contributed by atoms with Crippen molar-refractivity contribution in [1.82, 2.24) is 9.88 Å². The molecule has 2 fully saturated rings. The average molecular weight is 290 g/mol. The molecule has 0 radical (unpaired) electrons. The monoisotopic (exact) mass is 290 g/mol. The van der Waals surface area contributed by atoms with Gasteiger partial charge in [-0.1, -0.05) is 6.42 Å². The van der Waals surface area contributed by atoms with Gasteiger partial charge in [0.05, 0.1) is 6.61 Å². The molecule has 0 unspecified atom stereocenters. The van der Waals surface area contributed by atoms with Gasteiger partial charge in [0.25, 0.3) is 11.5 Å². The van der Waals surface area contributed by atoms with E-state index in [1.807, 2.05) is 13.0 Å². The van der Waals surface area contributed by atoms with Crippen molar-refractivity contribution in [3.8, 4) is 0 Å². The van der Waals surface area contributed by atoms with Gasteiger partial charge in [-0.25, -0.2) is 0 Å². The smallest absolute Gasteiger partial charge is 0.261 e. The number of H-pyrrole nitrogens is 1. The quantitative estimate of drug-likeness (QED) is 0.860. The Kier molecular flexibility index (Phi) is 3.40. The lowest BCUT2D eigenvalue weighted by molar-refractivity contribution is 0.0732. The summed E-state index contributed by atoms with van der Waals surface area (Å²) in [6.07, 6.45) is 3.16. The van der Waals surface area contributed by atoms with Crippen LogP contribution in [0.15, 0.2) is 10.9 Å². The Morgan fingerprint density at radius 2 is 2.29 bits per heavy atom. The molecule has 1 saturated heterocycles. The molecule has 1 aromatic heterocycles. The van der Waals surface area contributed by atoms with E-state index in [2.05, 4.69) is 4.98 Å². The van der Waals surface area contributed by atoms with Crippen LogP contribution in [0.3, 0.4) is 0 Å². The lowest BCUT2D eigenvalue weighted by Gasteiger charge is -2.26. The first-order valence-electron chi connectivity index (χ1n) is 7.57. The third-order valence-corrected chi connectivity index (χ3v) is 5.22. The van der Waals surface area contributed by atoms with Crippen LogP contribution in [0, 0.1) is 25.2 Å². The van der Waals surface area contributed by atoms with Crippen molar-refractivity contribution in [3.63, 3.8) is 0 Å². The number of carbonyl (C=O) groups is 1. The Hall–Kier alpha value is -1.62. The number of carbonyl (C=O) groups excluding carboxylic acids is 1. The van der Waals surface area contributed by atoms with Crippen LogP contribution in [-0.2, 0) is 0 Å². The molecular weight excluding hydrogens is 268 g/mol. The highest BCUT2D eigenvalue weighted by Crippen LogP contribution is 2.48. The van der Waals surface area contributed by atoms with Gasteiger partial charge in [-0.05, 0) is 44.2 Å².